The summed E-state index contributed by atoms with van der Waals surface area (Å²) in [6.45, 7) is 12.6. The normalized spacial score (nSPS) is 14.3. The minimum atomic E-state index is 0.219. The van der Waals surface area contributed by atoms with Crippen LogP contribution in [-0.2, 0) is 0 Å². The Labute approximate surface area is 121 Å². The highest BCUT2D eigenvalue weighted by Crippen LogP contribution is 2.26. The predicted octanol–water partition coefficient (Wildman–Crippen LogP) is 4.32. The fourth-order valence-corrected chi connectivity index (χ4v) is 2.88. The smallest absolute Gasteiger partial charge is 0.138 e. The van der Waals surface area contributed by atoms with Crippen molar-refractivity contribution in [3.05, 3.63) is 51.9 Å². The van der Waals surface area contributed by atoms with Crippen molar-refractivity contribution in [2.24, 2.45) is 0 Å². The zero-order chi connectivity index (χ0) is 14.9. The second kappa shape index (κ2) is 5.80. The molecule has 1 heterocycles. The third-order valence-corrected chi connectivity index (χ3v) is 3.92. The van der Waals surface area contributed by atoms with E-state index in [1.165, 1.54) is 22.3 Å². The highest BCUT2D eigenvalue weighted by Gasteiger charge is 2.19. The van der Waals surface area contributed by atoms with E-state index in [0.717, 1.165) is 11.5 Å². The van der Waals surface area contributed by atoms with E-state index in [-0.39, 0.29) is 6.04 Å². The summed E-state index contributed by atoms with van der Waals surface area (Å²) in [5.74, 6) is 0.899. The Morgan fingerprint density at radius 1 is 1.05 bits per heavy atom. The van der Waals surface area contributed by atoms with E-state index in [4.69, 9.17) is 4.52 Å². The van der Waals surface area contributed by atoms with Crippen LogP contribution in [0.15, 0.2) is 22.7 Å². The average molecular weight is 272 g/mol. The molecule has 0 bridgehead atoms. The van der Waals surface area contributed by atoms with Crippen molar-refractivity contribution in [1.82, 2.24) is 10.5 Å². The number of hydrogen-bond donors (Lipinski definition) is 1. The lowest BCUT2D eigenvalue weighted by Crippen LogP contribution is -2.24. The van der Waals surface area contributed by atoms with Crippen molar-refractivity contribution in [1.29, 1.82) is 0 Å². The van der Waals surface area contributed by atoms with Gasteiger partial charge >= 0.3 is 0 Å². The Kier molecular flexibility index (Phi) is 4.29. The highest BCUT2D eigenvalue weighted by atomic mass is 16.5. The average Bonchev–Trinajstić information content (AvgIpc) is 2.71. The maximum absolute atomic E-state index is 5.26. The first-order chi connectivity index (χ1) is 9.40. The molecule has 0 amide bonds. The molecule has 2 atom stereocenters. The first-order valence-corrected chi connectivity index (χ1v) is 7.16. The summed E-state index contributed by atoms with van der Waals surface area (Å²) in [4.78, 5) is 0. The van der Waals surface area contributed by atoms with Gasteiger partial charge in [0.2, 0.25) is 0 Å². The van der Waals surface area contributed by atoms with Crippen molar-refractivity contribution in [3.63, 3.8) is 0 Å². The van der Waals surface area contributed by atoms with Crippen LogP contribution in [0.1, 0.15) is 59.6 Å². The minimum Gasteiger partial charge on any atom is -0.361 e. The van der Waals surface area contributed by atoms with Crippen LogP contribution in [0.5, 0.6) is 0 Å². The highest BCUT2D eigenvalue weighted by molar-refractivity contribution is 5.33. The molecule has 0 spiro atoms. The van der Waals surface area contributed by atoms with Gasteiger partial charge in [0.15, 0.2) is 0 Å². The summed E-state index contributed by atoms with van der Waals surface area (Å²) >= 11 is 0. The van der Waals surface area contributed by atoms with E-state index in [0.29, 0.717) is 6.04 Å². The van der Waals surface area contributed by atoms with E-state index in [2.05, 4.69) is 56.4 Å². The molecule has 0 aliphatic carbocycles. The third-order valence-electron chi connectivity index (χ3n) is 3.92. The Hall–Kier alpha value is -1.61. The van der Waals surface area contributed by atoms with E-state index in [1.54, 1.807) is 0 Å². The van der Waals surface area contributed by atoms with Crippen molar-refractivity contribution in [3.8, 4) is 0 Å². The van der Waals surface area contributed by atoms with Gasteiger partial charge in [0.1, 0.15) is 5.76 Å². The molecule has 0 saturated carbocycles. The van der Waals surface area contributed by atoms with E-state index >= 15 is 0 Å². The lowest BCUT2D eigenvalue weighted by atomic mass is 9.98. The number of rotatable bonds is 4. The van der Waals surface area contributed by atoms with Crippen LogP contribution in [0.2, 0.25) is 0 Å². The van der Waals surface area contributed by atoms with Crippen molar-refractivity contribution >= 4 is 0 Å². The first kappa shape index (κ1) is 14.8. The summed E-state index contributed by atoms with van der Waals surface area (Å²) in [5, 5.41) is 7.68. The second-order valence-electron chi connectivity index (χ2n) is 5.71. The van der Waals surface area contributed by atoms with Gasteiger partial charge in [-0.1, -0.05) is 28.9 Å². The van der Waals surface area contributed by atoms with E-state index in [1.807, 2.05) is 13.8 Å². The molecule has 1 N–H and O–H groups in total. The summed E-state index contributed by atoms with van der Waals surface area (Å²) in [6.07, 6.45) is 0. The molecule has 0 aliphatic rings. The lowest BCUT2D eigenvalue weighted by Gasteiger charge is -2.22. The molecule has 20 heavy (non-hydrogen) atoms. The Morgan fingerprint density at radius 3 is 2.35 bits per heavy atom. The number of aryl methyl sites for hydroxylation is 4. The van der Waals surface area contributed by atoms with Crippen LogP contribution in [0.3, 0.4) is 0 Å². The molecule has 2 aromatic rings. The largest absolute Gasteiger partial charge is 0.361 e. The SMILES string of the molecule is Cc1ccc(C)c(C(C)NC(C)c2c(C)noc2C)c1. The summed E-state index contributed by atoms with van der Waals surface area (Å²) < 4.78 is 5.26. The summed E-state index contributed by atoms with van der Waals surface area (Å²) in [7, 11) is 0. The minimum absolute atomic E-state index is 0.219. The van der Waals surface area contributed by atoms with Crippen molar-refractivity contribution < 1.29 is 4.52 Å². The molecule has 3 nitrogen and oxygen atoms in total. The third kappa shape index (κ3) is 2.93. The molecule has 3 heteroatoms. The van der Waals surface area contributed by atoms with Gasteiger partial charge in [-0.25, -0.2) is 0 Å². The van der Waals surface area contributed by atoms with Gasteiger partial charge in [-0.15, -0.1) is 0 Å². The molecule has 2 unspecified atom stereocenters. The van der Waals surface area contributed by atoms with Gasteiger partial charge in [0, 0.05) is 17.6 Å². The number of hydrogen-bond acceptors (Lipinski definition) is 3. The molecule has 0 aliphatic heterocycles. The summed E-state index contributed by atoms with van der Waals surface area (Å²) in [5.41, 5.74) is 6.10. The molecule has 1 aromatic heterocycles. The first-order valence-electron chi connectivity index (χ1n) is 7.16. The number of benzene rings is 1. The van der Waals surface area contributed by atoms with Crippen LogP contribution in [0, 0.1) is 27.7 Å². The Bertz CT molecular complexity index is 582. The molecular weight excluding hydrogens is 248 g/mol. The number of nitrogens with zero attached hydrogens (tertiary/aromatic N) is 1. The maximum Gasteiger partial charge on any atom is 0.138 e. The molecular formula is C17H24N2O. The maximum atomic E-state index is 5.26. The van der Waals surface area contributed by atoms with Crippen molar-refractivity contribution in [2.45, 2.75) is 53.6 Å². The topological polar surface area (TPSA) is 38.1 Å². The zero-order valence-corrected chi connectivity index (χ0v) is 13.2. The number of nitrogens with one attached hydrogen (secondary N) is 1. The molecule has 108 valence electrons. The standard InChI is InChI=1S/C17H24N2O/c1-10-7-8-11(2)16(9-10)12(3)18-13(4)17-14(5)19-20-15(17)6/h7-9,12-13,18H,1-6H3. The van der Waals surface area contributed by atoms with E-state index < -0.39 is 0 Å². The summed E-state index contributed by atoms with van der Waals surface area (Å²) in [6, 6.07) is 7.11. The molecule has 0 saturated heterocycles. The zero-order valence-electron chi connectivity index (χ0n) is 13.2. The van der Waals surface area contributed by atoms with Gasteiger partial charge in [0.25, 0.3) is 0 Å². The molecule has 0 fully saturated rings. The fraction of sp³-hybridized carbons (Fsp3) is 0.471. The van der Waals surface area contributed by atoms with Crippen LogP contribution in [-0.4, -0.2) is 5.16 Å². The monoisotopic (exact) mass is 272 g/mol. The van der Waals surface area contributed by atoms with Gasteiger partial charge in [-0.3, -0.25) is 0 Å². The predicted molar refractivity (Wildman–Crippen MR) is 81.9 cm³/mol. The number of aromatic nitrogens is 1. The van der Waals surface area contributed by atoms with Crippen LogP contribution in [0.25, 0.3) is 0 Å². The van der Waals surface area contributed by atoms with Gasteiger partial charge < -0.3 is 9.84 Å². The van der Waals surface area contributed by atoms with Crippen LogP contribution in [0.4, 0.5) is 0 Å². The quantitative estimate of drug-likeness (QED) is 0.900. The Morgan fingerprint density at radius 2 is 1.75 bits per heavy atom. The second-order valence-corrected chi connectivity index (χ2v) is 5.71. The van der Waals surface area contributed by atoms with Crippen LogP contribution >= 0.6 is 0 Å². The van der Waals surface area contributed by atoms with Crippen molar-refractivity contribution in [2.75, 3.05) is 0 Å². The fourth-order valence-electron chi connectivity index (χ4n) is 2.88. The Balaban J connectivity index is 2.19. The molecule has 0 radical (unpaired) electrons. The van der Waals surface area contributed by atoms with E-state index in [9.17, 15) is 0 Å². The van der Waals surface area contributed by atoms with Gasteiger partial charge in [-0.05, 0) is 52.7 Å². The molecule has 1 aromatic carbocycles. The lowest BCUT2D eigenvalue weighted by molar-refractivity contribution is 0.389. The van der Waals surface area contributed by atoms with Gasteiger partial charge in [-0.2, -0.15) is 0 Å². The van der Waals surface area contributed by atoms with Gasteiger partial charge in [0.05, 0.1) is 5.69 Å². The van der Waals surface area contributed by atoms with Crippen LogP contribution < -0.4 is 5.32 Å². The molecule has 2 rings (SSSR count).